The Bertz CT molecular complexity index is 534. The third-order valence-corrected chi connectivity index (χ3v) is 2.42. The second kappa shape index (κ2) is 4.61. The maximum Gasteiger partial charge on any atom is 0.246 e. The van der Waals surface area contributed by atoms with Gasteiger partial charge in [-0.25, -0.2) is 0 Å². The normalized spacial score (nSPS) is 12.0. The first kappa shape index (κ1) is 11.1. The lowest BCUT2D eigenvalue weighted by Gasteiger charge is -2.14. The van der Waals surface area contributed by atoms with Crippen molar-refractivity contribution in [2.24, 2.45) is 5.73 Å². The fourth-order valence-corrected chi connectivity index (χ4v) is 1.68. The lowest BCUT2D eigenvalue weighted by Crippen LogP contribution is -2.27. The van der Waals surface area contributed by atoms with Crippen molar-refractivity contribution in [2.75, 3.05) is 0 Å². The Morgan fingerprint density at radius 2 is 2.24 bits per heavy atom. The van der Waals surface area contributed by atoms with Crippen LogP contribution >= 0.6 is 0 Å². The summed E-state index contributed by atoms with van der Waals surface area (Å²) in [6, 6.07) is 7.76. The Labute approximate surface area is 97.9 Å². The van der Waals surface area contributed by atoms with E-state index in [1.165, 1.54) is 4.68 Å². The largest absolute Gasteiger partial charge is 0.368 e. The predicted octanol–water partition coefficient (Wildman–Crippen LogP) is 0.770. The van der Waals surface area contributed by atoms with Crippen LogP contribution < -0.4 is 5.73 Å². The number of primary amides is 1. The minimum absolute atomic E-state index is 0.501. The number of amides is 1. The van der Waals surface area contributed by atoms with Crippen LogP contribution in [0.1, 0.15) is 22.0 Å². The van der Waals surface area contributed by atoms with Gasteiger partial charge in [0.1, 0.15) is 6.29 Å². The lowest BCUT2D eigenvalue weighted by molar-refractivity contribution is -0.120. The molecular weight excluding hydrogens is 218 g/mol. The van der Waals surface area contributed by atoms with Gasteiger partial charge in [-0.15, -0.1) is 0 Å². The number of hydrogen-bond donors (Lipinski definition) is 1. The van der Waals surface area contributed by atoms with Gasteiger partial charge in [-0.1, -0.05) is 18.2 Å². The zero-order chi connectivity index (χ0) is 12.3. The topological polar surface area (TPSA) is 78.0 Å². The number of nitrogens with two attached hydrogens (primary N) is 1. The summed E-state index contributed by atoms with van der Waals surface area (Å²) < 4.78 is 1.46. The van der Waals surface area contributed by atoms with Gasteiger partial charge in [-0.3, -0.25) is 14.3 Å². The molecule has 17 heavy (non-hydrogen) atoms. The zero-order valence-corrected chi connectivity index (χ0v) is 8.98. The van der Waals surface area contributed by atoms with E-state index in [0.717, 1.165) is 6.29 Å². The van der Waals surface area contributed by atoms with E-state index in [2.05, 4.69) is 5.10 Å². The SMILES string of the molecule is NC(=O)[C@@H](c1cccc(C=O)c1)n1cccn1. The molecule has 1 atom stereocenters. The summed E-state index contributed by atoms with van der Waals surface area (Å²) in [7, 11) is 0. The highest BCUT2D eigenvalue weighted by Crippen LogP contribution is 2.17. The van der Waals surface area contributed by atoms with E-state index in [1.807, 2.05) is 0 Å². The first-order valence-corrected chi connectivity index (χ1v) is 5.06. The molecule has 1 aromatic carbocycles. The molecule has 5 nitrogen and oxygen atoms in total. The Morgan fingerprint density at radius 3 is 2.82 bits per heavy atom. The Balaban J connectivity index is 2.46. The average Bonchev–Trinajstić information content (AvgIpc) is 2.83. The van der Waals surface area contributed by atoms with Crippen molar-refractivity contribution in [3.8, 4) is 0 Å². The van der Waals surface area contributed by atoms with Crippen molar-refractivity contribution in [3.05, 3.63) is 53.9 Å². The zero-order valence-electron chi connectivity index (χ0n) is 8.98. The summed E-state index contributed by atoms with van der Waals surface area (Å²) >= 11 is 0. The first-order valence-electron chi connectivity index (χ1n) is 5.06. The van der Waals surface area contributed by atoms with Crippen LogP contribution in [0.3, 0.4) is 0 Å². The molecule has 0 saturated heterocycles. The molecule has 1 heterocycles. The maximum absolute atomic E-state index is 11.5. The third kappa shape index (κ3) is 2.23. The average molecular weight is 229 g/mol. The number of benzene rings is 1. The first-order chi connectivity index (χ1) is 8.22. The van der Waals surface area contributed by atoms with Crippen molar-refractivity contribution in [1.82, 2.24) is 9.78 Å². The fraction of sp³-hybridized carbons (Fsp3) is 0.0833. The Hall–Kier alpha value is -2.43. The van der Waals surface area contributed by atoms with E-state index in [-0.39, 0.29) is 0 Å². The summed E-state index contributed by atoms with van der Waals surface area (Å²) in [5, 5.41) is 4.00. The summed E-state index contributed by atoms with van der Waals surface area (Å²) in [4.78, 5) is 22.2. The van der Waals surface area contributed by atoms with Crippen molar-refractivity contribution in [3.63, 3.8) is 0 Å². The van der Waals surface area contributed by atoms with Crippen LogP contribution in [0.5, 0.6) is 0 Å². The molecule has 0 fully saturated rings. The van der Waals surface area contributed by atoms with Crippen LogP contribution in [0.15, 0.2) is 42.7 Å². The lowest BCUT2D eigenvalue weighted by atomic mass is 10.0. The highest BCUT2D eigenvalue weighted by atomic mass is 16.1. The summed E-state index contributed by atoms with van der Waals surface area (Å²) in [5.74, 6) is -0.517. The molecular formula is C12H11N3O2. The highest BCUT2D eigenvalue weighted by Gasteiger charge is 2.20. The second-order valence-electron chi connectivity index (χ2n) is 3.58. The van der Waals surface area contributed by atoms with Gasteiger partial charge in [0.25, 0.3) is 0 Å². The molecule has 86 valence electrons. The molecule has 0 saturated carbocycles. The van der Waals surface area contributed by atoms with Crippen LogP contribution in [0, 0.1) is 0 Å². The monoisotopic (exact) mass is 229 g/mol. The summed E-state index contributed by atoms with van der Waals surface area (Å²) in [6.07, 6.45) is 3.95. The van der Waals surface area contributed by atoms with Crippen molar-refractivity contribution < 1.29 is 9.59 Å². The van der Waals surface area contributed by atoms with Crippen LogP contribution in [0.4, 0.5) is 0 Å². The Kier molecular flexibility index (Phi) is 3.00. The number of nitrogens with zero attached hydrogens (tertiary/aromatic N) is 2. The third-order valence-electron chi connectivity index (χ3n) is 2.42. The summed E-state index contributed by atoms with van der Waals surface area (Å²) in [6.45, 7) is 0. The molecule has 2 N–H and O–H groups in total. The fourth-order valence-electron chi connectivity index (χ4n) is 1.68. The minimum atomic E-state index is -0.690. The van der Waals surface area contributed by atoms with Crippen molar-refractivity contribution in [2.45, 2.75) is 6.04 Å². The van der Waals surface area contributed by atoms with Crippen molar-refractivity contribution >= 4 is 12.2 Å². The molecule has 0 aliphatic heterocycles. The van der Waals surface area contributed by atoms with Gasteiger partial charge < -0.3 is 5.73 Å². The molecule has 0 radical (unpaired) electrons. The number of rotatable bonds is 4. The Morgan fingerprint density at radius 1 is 1.41 bits per heavy atom. The number of hydrogen-bond acceptors (Lipinski definition) is 3. The van der Waals surface area contributed by atoms with Gasteiger partial charge >= 0.3 is 0 Å². The molecule has 0 aliphatic rings. The predicted molar refractivity (Wildman–Crippen MR) is 61.4 cm³/mol. The van der Waals surface area contributed by atoms with Gasteiger partial charge in [-0.05, 0) is 17.7 Å². The van der Waals surface area contributed by atoms with Gasteiger partial charge in [0, 0.05) is 18.0 Å². The molecule has 0 bridgehead atoms. The molecule has 0 spiro atoms. The summed E-state index contributed by atoms with van der Waals surface area (Å²) in [5.41, 5.74) is 6.51. The van der Waals surface area contributed by atoms with E-state index >= 15 is 0 Å². The van der Waals surface area contributed by atoms with Gasteiger partial charge in [0.15, 0.2) is 6.04 Å². The molecule has 1 amide bonds. The second-order valence-corrected chi connectivity index (χ2v) is 3.58. The standard InChI is InChI=1S/C12H11N3O2/c13-12(17)11(15-6-2-5-14-15)10-4-1-3-9(7-10)8-16/h1-8,11H,(H2,13,17)/t11-/m1/s1. The van der Waals surface area contributed by atoms with E-state index in [0.29, 0.717) is 11.1 Å². The molecule has 0 aliphatic carbocycles. The van der Waals surface area contributed by atoms with Gasteiger partial charge in [0.05, 0.1) is 0 Å². The van der Waals surface area contributed by atoms with E-state index in [4.69, 9.17) is 5.73 Å². The number of carbonyl (C=O) groups excluding carboxylic acids is 2. The molecule has 2 rings (SSSR count). The molecule has 1 aromatic heterocycles. The maximum atomic E-state index is 11.5. The quantitative estimate of drug-likeness (QED) is 0.786. The van der Waals surface area contributed by atoms with Crippen LogP contribution in [-0.2, 0) is 4.79 Å². The van der Waals surface area contributed by atoms with Crippen LogP contribution in [0.2, 0.25) is 0 Å². The van der Waals surface area contributed by atoms with Gasteiger partial charge in [0.2, 0.25) is 5.91 Å². The minimum Gasteiger partial charge on any atom is -0.368 e. The van der Waals surface area contributed by atoms with Crippen LogP contribution in [-0.4, -0.2) is 22.0 Å². The van der Waals surface area contributed by atoms with Crippen molar-refractivity contribution in [1.29, 1.82) is 0 Å². The van der Waals surface area contributed by atoms with E-state index < -0.39 is 11.9 Å². The molecule has 2 aromatic rings. The highest BCUT2D eigenvalue weighted by molar-refractivity contribution is 5.83. The van der Waals surface area contributed by atoms with E-state index in [9.17, 15) is 9.59 Å². The number of aldehydes is 1. The number of aromatic nitrogens is 2. The van der Waals surface area contributed by atoms with Gasteiger partial charge in [-0.2, -0.15) is 5.10 Å². The molecule has 0 unspecified atom stereocenters. The molecule has 5 heteroatoms. The van der Waals surface area contributed by atoms with E-state index in [1.54, 1.807) is 42.7 Å². The number of carbonyl (C=O) groups is 2. The van der Waals surface area contributed by atoms with Crippen LogP contribution in [0.25, 0.3) is 0 Å². The smallest absolute Gasteiger partial charge is 0.246 e.